The van der Waals surface area contributed by atoms with Gasteiger partial charge < -0.3 is 19.4 Å². The topological polar surface area (TPSA) is 124 Å². The highest BCUT2D eigenvalue weighted by Gasteiger charge is 2.18. The number of halogens is 1. The molecular formula is C27H27FN6O4. The maximum atomic E-state index is 14.4. The largest absolute Gasteiger partial charge is 0.385 e. The fourth-order valence-corrected chi connectivity index (χ4v) is 3.47. The molecule has 3 rings (SSSR count). The van der Waals surface area contributed by atoms with Gasteiger partial charge in [0.25, 0.3) is 17.7 Å². The number of nitrogens with zero attached hydrogens (tertiary/aromatic N) is 5. The first kappa shape index (κ1) is 27.8. The van der Waals surface area contributed by atoms with Gasteiger partial charge in [-0.05, 0) is 24.1 Å². The maximum absolute atomic E-state index is 14.4. The molecule has 1 N–H and O–H groups in total. The van der Waals surface area contributed by atoms with Crippen molar-refractivity contribution in [3.8, 4) is 12.0 Å². The van der Waals surface area contributed by atoms with Crippen molar-refractivity contribution < 1.29 is 18.7 Å². The molecule has 196 valence electrons. The number of hydrogen-bond donors (Lipinski definition) is 1. The van der Waals surface area contributed by atoms with Gasteiger partial charge in [0.2, 0.25) is 0 Å². The van der Waals surface area contributed by atoms with Gasteiger partial charge in [-0.25, -0.2) is 4.39 Å². The van der Waals surface area contributed by atoms with E-state index in [9.17, 15) is 14.0 Å². The van der Waals surface area contributed by atoms with Crippen LogP contribution in [0.25, 0.3) is 0 Å². The van der Waals surface area contributed by atoms with Gasteiger partial charge in [0, 0.05) is 44.4 Å². The maximum Gasteiger partial charge on any atom is 0.292 e. The molecule has 0 aliphatic rings. The van der Waals surface area contributed by atoms with Crippen LogP contribution in [-0.4, -0.2) is 32.3 Å². The fourth-order valence-electron chi connectivity index (χ4n) is 3.47. The highest BCUT2D eigenvalue weighted by atomic mass is 19.1. The Bertz CT molecular complexity index is 1460. The smallest absolute Gasteiger partial charge is 0.292 e. The van der Waals surface area contributed by atoms with Gasteiger partial charge in [-0.15, -0.1) is 5.26 Å². The number of allylic oxidation sites excluding steroid dienone is 5. The van der Waals surface area contributed by atoms with Crippen LogP contribution in [-0.2, 0) is 31.0 Å². The molecule has 3 aromatic heterocycles. The Balaban J connectivity index is 1.69. The van der Waals surface area contributed by atoms with Crippen molar-refractivity contribution in [2.24, 2.45) is 0 Å². The number of hydrogen-bond acceptors (Lipinski definition) is 7. The van der Waals surface area contributed by atoms with Crippen LogP contribution >= 0.6 is 0 Å². The van der Waals surface area contributed by atoms with E-state index in [-0.39, 0.29) is 35.7 Å². The first-order valence-electron chi connectivity index (χ1n) is 11.6. The first-order valence-corrected chi connectivity index (χ1v) is 11.6. The van der Waals surface area contributed by atoms with Crippen molar-refractivity contribution in [2.75, 3.05) is 7.11 Å². The van der Waals surface area contributed by atoms with E-state index < -0.39 is 11.7 Å². The van der Waals surface area contributed by atoms with E-state index in [1.807, 2.05) is 25.2 Å². The van der Waals surface area contributed by atoms with Crippen molar-refractivity contribution >= 4 is 5.91 Å². The Morgan fingerprint density at radius 2 is 2.08 bits per heavy atom. The van der Waals surface area contributed by atoms with Crippen LogP contribution in [0.3, 0.4) is 0 Å². The van der Waals surface area contributed by atoms with Crippen LogP contribution in [0.15, 0.2) is 83.6 Å². The highest BCUT2D eigenvalue weighted by molar-refractivity contribution is 5.95. The Kier molecular flexibility index (Phi) is 9.85. The van der Waals surface area contributed by atoms with Gasteiger partial charge in [-0.3, -0.25) is 19.3 Å². The summed E-state index contributed by atoms with van der Waals surface area (Å²) < 4.78 is 27.3. The molecule has 0 aliphatic carbocycles. The number of nitrogens with one attached hydrogen (secondary N) is 1. The second-order valence-corrected chi connectivity index (χ2v) is 8.09. The lowest BCUT2D eigenvalue weighted by atomic mass is 10.2. The van der Waals surface area contributed by atoms with Gasteiger partial charge in [-0.2, -0.15) is 5.10 Å². The quantitative estimate of drug-likeness (QED) is 0.288. The van der Waals surface area contributed by atoms with Crippen LogP contribution in [0, 0.1) is 17.3 Å². The molecule has 0 spiro atoms. The Morgan fingerprint density at radius 1 is 1.26 bits per heavy atom. The molecule has 0 unspecified atom stereocenters. The van der Waals surface area contributed by atoms with Gasteiger partial charge in [0.1, 0.15) is 5.69 Å². The summed E-state index contributed by atoms with van der Waals surface area (Å²) in [6.45, 7) is 6.49. The van der Waals surface area contributed by atoms with Crippen LogP contribution in [0.5, 0.6) is 5.75 Å². The second kappa shape index (κ2) is 13.5. The molecule has 0 radical (unpaired) electrons. The number of nitriles is 1. The zero-order valence-corrected chi connectivity index (χ0v) is 21.1. The molecule has 0 fully saturated rings. The normalized spacial score (nSPS) is 11.4. The third kappa shape index (κ3) is 7.35. The summed E-state index contributed by atoms with van der Waals surface area (Å²) in [7, 11) is 1.49. The first-order chi connectivity index (χ1) is 18.4. The van der Waals surface area contributed by atoms with Gasteiger partial charge in [0.05, 0.1) is 31.0 Å². The lowest BCUT2D eigenvalue weighted by Gasteiger charge is -2.07. The summed E-state index contributed by atoms with van der Waals surface area (Å²) in [5.41, 5.74) is 2.12. The second-order valence-electron chi connectivity index (χ2n) is 8.09. The number of pyridine rings is 2. The molecule has 0 atom stereocenters. The summed E-state index contributed by atoms with van der Waals surface area (Å²) in [4.78, 5) is 28.7. The molecule has 38 heavy (non-hydrogen) atoms. The average molecular weight is 519 g/mol. The van der Waals surface area contributed by atoms with E-state index >= 15 is 0 Å². The summed E-state index contributed by atoms with van der Waals surface area (Å²) in [5.74, 6) is -1.59. The number of ether oxygens (including phenoxy) is 2. The van der Waals surface area contributed by atoms with Crippen LogP contribution in [0.4, 0.5) is 4.39 Å². The summed E-state index contributed by atoms with van der Waals surface area (Å²) in [6.07, 6.45) is 11.6. The predicted octanol–water partition coefficient (Wildman–Crippen LogP) is 3.27. The summed E-state index contributed by atoms with van der Waals surface area (Å²) >= 11 is 0. The minimum atomic E-state index is -0.828. The lowest BCUT2D eigenvalue weighted by molar-refractivity contribution is 0.0945. The number of methoxy groups -OCH3 is 1. The number of aromatic nitrogens is 4. The SMILES string of the molecule is C=C(/C=C\C(=C/C)Cn1cc(C(=O)NCc2nccc(OC#N)c2F)c(COC)n1)Cn1ccccc1=O. The third-order valence-electron chi connectivity index (χ3n) is 5.38. The molecule has 0 saturated heterocycles. The Hall–Kier alpha value is -4.82. The van der Waals surface area contributed by atoms with Gasteiger partial charge >= 0.3 is 0 Å². The number of amides is 1. The number of rotatable bonds is 12. The minimum absolute atomic E-state index is 0.0777. The molecule has 10 nitrogen and oxygen atoms in total. The minimum Gasteiger partial charge on any atom is -0.385 e. The standard InChI is InChI=1S/C27H27FN6O4/c1-4-20(9-8-19(2)14-33-12-6-5-7-25(33)35)15-34-16-21(23(32-34)17-37-3)27(36)31-13-22-26(28)24(38-18-29)10-11-30-22/h4-12,16H,2,13-15,17H2,1,3H3,(H,31,36)/b9-8-,20-4+. The van der Waals surface area contributed by atoms with Gasteiger partial charge in [0.15, 0.2) is 11.6 Å². The molecule has 0 aliphatic heterocycles. The molecule has 3 aromatic rings. The molecular weight excluding hydrogens is 491 g/mol. The van der Waals surface area contributed by atoms with E-state index in [2.05, 4.69) is 26.7 Å². The van der Waals surface area contributed by atoms with Crippen LogP contribution in [0.2, 0.25) is 0 Å². The van der Waals surface area contributed by atoms with Crippen molar-refractivity contribution in [1.82, 2.24) is 24.6 Å². The van der Waals surface area contributed by atoms with E-state index in [1.54, 1.807) is 33.8 Å². The van der Waals surface area contributed by atoms with E-state index in [4.69, 9.17) is 10.00 Å². The zero-order valence-electron chi connectivity index (χ0n) is 21.1. The van der Waals surface area contributed by atoms with E-state index in [1.165, 1.54) is 31.7 Å². The molecule has 11 heteroatoms. The summed E-state index contributed by atoms with van der Waals surface area (Å²) in [6, 6.07) is 6.18. The van der Waals surface area contributed by atoms with E-state index in [0.717, 1.165) is 11.1 Å². The van der Waals surface area contributed by atoms with Crippen molar-refractivity contribution in [1.29, 1.82) is 5.26 Å². The Morgan fingerprint density at radius 3 is 2.79 bits per heavy atom. The van der Waals surface area contributed by atoms with Crippen molar-refractivity contribution in [3.05, 3.63) is 112 Å². The number of carbonyl (C=O) groups is 1. The molecule has 0 saturated carbocycles. The third-order valence-corrected chi connectivity index (χ3v) is 5.38. The zero-order chi connectivity index (χ0) is 27.5. The lowest BCUT2D eigenvalue weighted by Crippen LogP contribution is -2.24. The molecule has 3 heterocycles. The van der Waals surface area contributed by atoms with E-state index in [0.29, 0.717) is 18.8 Å². The highest BCUT2D eigenvalue weighted by Crippen LogP contribution is 2.18. The number of carbonyl (C=O) groups excluding carboxylic acids is 1. The van der Waals surface area contributed by atoms with Crippen LogP contribution in [0.1, 0.15) is 28.7 Å². The molecule has 0 aromatic carbocycles. The van der Waals surface area contributed by atoms with Crippen molar-refractivity contribution in [2.45, 2.75) is 33.2 Å². The fraction of sp³-hybridized carbons (Fsp3) is 0.222. The van der Waals surface area contributed by atoms with Crippen LogP contribution < -0.4 is 15.6 Å². The van der Waals surface area contributed by atoms with Crippen molar-refractivity contribution in [3.63, 3.8) is 0 Å². The van der Waals surface area contributed by atoms with Gasteiger partial charge in [-0.1, -0.05) is 30.9 Å². The summed E-state index contributed by atoms with van der Waals surface area (Å²) in [5, 5.41) is 15.7. The molecule has 1 amide bonds. The predicted molar refractivity (Wildman–Crippen MR) is 137 cm³/mol. The monoisotopic (exact) mass is 518 g/mol. The Labute approximate surface area is 219 Å². The molecule has 0 bridgehead atoms. The average Bonchev–Trinajstić information content (AvgIpc) is 3.30.